The van der Waals surface area contributed by atoms with Crippen molar-refractivity contribution in [3.05, 3.63) is 130 Å². The van der Waals surface area contributed by atoms with Crippen LogP contribution in [0.4, 0.5) is 11.5 Å². The summed E-state index contributed by atoms with van der Waals surface area (Å²) in [6.07, 6.45) is 1.65. The molecule has 162 valence electrons. The van der Waals surface area contributed by atoms with Crippen LogP contribution < -0.4 is 10.7 Å². The monoisotopic (exact) mass is 431 g/mol. The Bertz CT molecular complexity index is 1440. The van der Waals surface area contributed by atoms with Crippen LogP contribution in [0.3, 0.4) is 0 Å². The molecule has 4 nitrogen and oxygen atoms in total. The summed E-state index contributed by atoms with van der Waals surface area (Å²) >= 11 is 0. The zero-order chi connectivity index (χ0) is 22.6. The topological polar surface area (TPSA) is 46.9 Å². The van der Waals surface area contributed by atoms with Crippen LogP contribution >= 0.6 is 0 Å². The summed E-state index contributed by atoms with van der Waals surface area (Å²) in [6, 6.07) is 34.0. The molecule has 0 amide bonds. The summed E-state index contributed by atoms with van der Waals surface area (Å²) in [7, 11) is 0. The average molecular weight is 432 g/mol. The SMILES string of the molecule is Cc1cc(CCc2ccccc2)c2c(=O)cc(Nc3ccccc3)n(-c3ccccc3)c2n1. The Kier molecular flexibility index (Phi) is 5.73. The number of anilines is 2. The molecule has 0 aliphatic carbocycles. The molecule has 0 saturated carbocycles. The fourth-order valence-electron chi connectivity index (χ4n) is 4.25. The fraction of sp³-hybridized carbons (Fsp3) is 0.103. The van der Waals surface area contributed by atoms with Gasteiger partial charge in [-0.2, -0.15) is 0 Å². The first-order valence-corrected chi connectivity index (χ1v) is 11.2. The number of aryl methyl sites for hydroxylation is 3. The Morgan fingerprint density at radius 3 is 2.12 bits per heavy atom. The number of rotatable bonds is 6. The summed E-state index contributed by atoms with van der Waals surface area (Å²) in [5, 5.41) is 4.10. The van der Waals surface area contributed by atoms with Crippen molar-refractivity contribution in [2.45, 2.75) is 19.8 Å². The third-order valence-electron chi connectivity index (χ3n) is 5.76. The van der Waals surface area contributed by atoms with Crippen LogP contribution in [0, 0.1) is 6.92 Å². The zero-order valence-corrected chi connectivity index (χ0v) is 18.5. The van der Waals surface area contributed by atoms with Crippen molar-refractivity contribution in [1.82, 2.24) is 9.55 Å². The lowest BCUT2D eigenvalue weighted by Crippen LogP contribution is -2.16. The van der Waals surface area contributed by atoms with Crippen molar-refractivity contribution < 1.29 is 0 Å². The highest BCUT2D eigenvalue weighted by Gasteiger charge is 2.16. The van der Waals surface area contributed by atoms with Gasteiger partial charge >= 0.3 is 0 Å². The third kappa shape index (κ3) is 4.41. The van der Waals surface area contributed by atoms with Gasteiger partial charge in [0.15, 0.2) is 11.1 Å². The van der Waals surface area contributed by atoms with Gasteiger partial charge in [-0.15, -0.1) is 0 Å². The molecule has 0 unspecified atom stereocenters. The van der Waals surface area contributed by atoms with Crippen molar-refractivity contribution in [1.29, 1.82) is 0 Å². The van der Waals surface area contributed by atoms with Crippen LogP contribution in [0.5, 0.6) is 0 Å². The van der Waals surface area contributed by atoms with Crippen molar-refractivity contribution in [2.24, 2.45) is 0 Å². The second-order valence-corrected chi connectivity index (χ2v) is 8.16. The molecule has 0 atom stereocenters. The van der Waals surface area contributed by atoms with Gasteiger partial charge in [0, 0.05) is 23.1 Å². The first kappa shape index (κ1) is 20.7. The minimum Gasteiger partial charge on any atom is -0.341 e. The van der Waals surface area contributed by atoms with Crippen LogP contribution in [-0.4, -0.2) is 9.55 Å². The summed E-state index contributed by atoms with van der Waals surface area (Å²) in [5.74, 6) is 0.692. The zero-order valence-electron chi connectivity index (χ0n) is 18.5. The Morgan fingerprint density at radius 2 is 1.42 bits per heavy atom. The van der Waals surface area contributed by atoms with E-state index < -0.39 is 0 Å². The normalized spacial score (nSPS) is 10.9. The smallest absolute Gasteiger partial charge is 0.193 e. The maximum Gasteiger partial charge on any atom is 0.193 e. The number of aromatic nitrogens is 2. The molecule has 33 heavy (non-hydrogen) atoms. The number of para-hydroxylation sites is 2. The molecular weight excluding hydrogens is 406 g/mol. The number of hydrogen-bond donors (Lipinski definition) is 1. The maximum atomic E-state index is 13.4. The highest BCUT2D eigenvalue weighted by Crippen LogP contribution is 2.26. The van der Waals surface area contributed by atoms with Crippen molar-refractivity contribution in [3.63, 3.8) is 0 Å². The van der Waals surface area contributed by atoms with E-state index in [0.29, 0.717) is 16.9 Å². The standard InChI is InChI=1S/C29H25N3O/c1-21-19-23(18-17-22-11-5-2-6-12-22)28-26(33)20-27(31-24-13-7-3-8-14-24)32(29(28)30-21)25-15-9-4-10-16-25/h2-16,19-20,31H,17-18H2,1H3. The van der Waals surface area contributed by atoms with Crippen molar-refractivity contribution in [2.75, 3.05) is 5.32 Å². The molecule has 2 heterocycles. The molecule has 0 bridgehead atoms. The van der Waals surface area contributed by atoms with E-state index in [4.69, 9.17) is 4.98 Å². The van der Waals surface area contributed by atoms with Gasteiger partial charge in [0.05, 0.1) is 5.39 Å². The van der Waals surface area contributed by atoms with Gasteiger partial charge in [-0.1, -0.05) is 66.7 Å². The largest absolute Gasteiger partial charge is 0.341 e. The van der Waals surface area contributed by atoms with E-state index in [1.54, 1.807) is 6.07 Å². The number of nitrogens with zero attached hydrogens (tertiary/aromatic N) is 2. The maximum absolute atomic E-state index is 13.4. The van der Waals surface area contributed by atoms with Crippen LogP contribution in [0.2, 0.25) is 0 Å². The molecular formula is C29H25N3O. The van der Waals surface area contributed by atoms with E-state index in [-0.39, 0.29) is 5.43 Å². The van der Waals surface area contributed by atoms with Gasteiger partial charge in [0.1, 0.15) is 5.82 Å². The molecule has 0 aliphatic rings. The Labute approximate surface area is 193 Å². The first-order valence-electron chi connectivity index (χ1n) is 11.2. The quantitative estimate of drug-likeness (QED) is 0.347. The molecule has 0 spiro atoms. The van der Waals surface area contributed by atoms with Gasteiger partial charge in [0.2, 0.25) is 0 Å². The predicted octanol–water partition coefficient (Wildman–Crippen LogP) is 6.22. The van der Waals surface area contributed by atoms with Gasteiger partial charge in [-0.3, -0.25) is 9.36 Å². The van der Waals surface area contributed by atoms with E-state index in [1.807, 2.05) is 84.3 Å². The molecule has 2 aromatic heterocycles. The number of benzene rings is 3. The molecule has 0 saturated heterocycles. The first-order chi connectivity index (χ1) is 16.2. The third-order valence-corrected chi connectivity index (χ3v) is 5.76. The minimum atomic E-state index is -0.0221. The van der Waals surface area contributed by atoms with Crippen molar-refractivity contribution >= 4 is 22.5 Å². The number of pyridine rings is 2. The number of hydrogen-bond acceptors (Lipinski definition) is 3. The number of nitrogens with one attached hydrogen (secondary N) is 1. The van der Waals surface area contributed by atoms with Gasteiger partial charge in [0.25, 0.3) is 0 Å². The fourth-order valence-corrected chi connectivity index (χ4v) is 4.25. The van der Waals surface area contributed by atoms with Crippen LogP contribution in [0.15, 0.2) is 108 Å². The molecule has 0 fully saturated rings. The Balaban J connectivity index is 1.70. The Morgan fingerprint density at radius 1 is 0.788 bits per heavy atom. The van der Waals surface area contributed by atoms with E-state index in [0.717, 1.165) is 35.5 Å². The average Bonchev–Trinajstić information content (AvgIpc) is 2.84. The van der Waals surface area contributed by atoms with Gasteiger partial charge in [-0.05, 0) is 61.2 Å². The van der Waals surface area contributed by atoms with E-state index in [9.17, 15) is 4.79 Å². The summed E-state index contributed by atoms with van der Waals surface area (Å²) in [6.45, 7) is 1.99. The summed E-state index contributed by atoms with van der Waals surface area (Å²) in [5.41, 5.74) is 5.70. The van der Waals surface area contributed by atoms with Crippen LogP contribution in [-0.2, 0) is 12.8 Å². The Hall–Kier alpha value is -4.18. The second-order valence-electron chi connectivity index (χ2n) is 8.16. The van der Waals surface area contributed by atoms with Gasteiger partial charge < -0.3 is 5.32 Å². The lowest BCUT2D eigenvalue weighted by atomic mass is 10.0. The summed E-state index contributed by atoms with van der Waals surface area (Å²) < 4.78 is 2.04. The van der Waals surface area contributed by atoms with Crippen LogP contribution in [0.25, 0.3) is 16.7 Å². The van der Waals surface area contributed by atoms with E-state index in [2.05, 4.69) is 29.6 Å². The summed E-state index contributed by atoms with van der Waals surface area (Å²) in [4.78, 5) is 18.3. The highest BCUT2D eigenvalue weighted by molar-refractivity contribution is 5.84. The molecule has 4 heteroatoms. The molecule has 5 rings (SSSR count). The lowest BCUT2D eigenvalue weighted by molar-refractivity contribution is 0.954. The van der Waals surface area contributed by atoms with Gasteiger partial charge in [-0.25, -0.2) is 4.98 Å². The van der Waals surface area contributed by atoms with E-state index in [1.165, 1.54) is 5.56 Å². The minimum absolute atomic E-state index is 0.0221. The molecule has 0 radical (unpaired) electrons. The van der Waals surface area contributed by atoms with E-state index >= 15 is 0 Å². The number of fused-ring (bicyclic) bond motifs is 1. The highest BCUT2D eigenvalue weighted by atomic mass is 16.1. The molecule has 3 aromatic carbocycles. The second kappa shape index (κ2) is 9.13. The van der Waals surface area contributed by atoms with Crippen LogP contribution in [0.1, 0.15) is 16.8 Å². The molecule has 1 N–H and O–H groups in total. The molecule has 0 aliphatic heterocycles. The molecule has 5 aromatic rings. The predicted molar refractivity (Wildman–Crippen MR) is 136 cm³/mol. The van der Waals surface area contributed by atoms with Crippen molar-refractivity contribution in [3.8, 4) is 5.69 Å². The lowest BCUT2D eigenvalue weighted by Gasteiger charge is -2.19.